The number of nitrogens with zero attached hydrogens (tertiary/aromatic N) is 3. The smallest absolute Gasteiger partial charge is 0.293 e. The van der Waals surface area contributed by atoms with Crippen molar-refractivity contribution in [1.82, 2.24) is 20.2 Å². The van der Waals surface area contributed by atoms with Crippen LogP contribution >= 0.6 is 23.5 Å². The minimum Gasteiger partial charge on any atom is -0.354 e. The molecule has 1 saturated heterocycles. The van der Waals surface area contributed by atoms with E-state index in [0.29, 0.717) is 4.91 Å². The third kappa shape index (κ3) is 5.41. The van der Waals surface area contributed by atoms with Crippen molar-refractivity contribution in [2.24, 2.45) is 0 Å². The highest BCUT2D eigenvalue weighted by atomic mass is 32.2. The van der Waals surface area contributed by atoms with E-state index < -0.39 is 0 Å². The van der Waals surface area contributed by atoms with Crippen LogP contribution in [0.1, 0.15) is 5.56 Å². The van der Waals surface area contributed by atoms with Gasteiger partial charge in [-0.1, -0.05) is 23.9 Å². The van der Waals surface area contributed by atoms with Crippen LogP contribution in [0.15, 0.2) is 58.9 Å². The Kier molecular flexibility index (Phi) is 6.61. The predicted octanol–water partition coefficient (Wildman–Crippen LogP) is 2.42. The van der Waals surface area contributed by atoms with Crippen molar-refractivity contribution >= 4 is 46.7 Å². The molecule has 0 saturated carbocycles. The average molecular weight is 400 g/mol. The lowest BCUT2D eigenvalue weighted by molar-refractivity contribution is -0.123. The van der Waals surface area contributed by atoms with Crippen LogP contribution in [0.4, 0.5) is 4.79 Å². The molecule has 1 aliphatic rings. The molecule has 3 heterocycles. The molecule has 138 valence electrons. The second-order valence-corrected chi connectivity index (χ2v) is 7.42. The van der Waals surface area contributed by atoms with Gasteiger partial charge in [0.15, 0.2) is 0 Å². The molecule has 9 heteroatoms. The van der Waals surface area contributed by atoms with Crippen LogP contribution in [0.2, 0.25) is 0 Å². The number of carbonyl (C=O) groups is 3. The van der Waals surface area contributed by atoms with Crippen LogP contribution in [0.5, 0.6) is 0 Å². The summed E-state index contributed by atoms with van der Waals surface area (Å²) in [5, 5.41) is 3.14. The highest BCUT2D eigenvalue weighted by molar-refractivity contribution is 8.18. The lowest BCUT2D eigenvalue weighted by atomic mass is 10.2. The third-order valence-corrected chi connectivity index (χ3v) is 5.35. The molecule has 1 aliphatic heterocycles. The first-order valence-corrected chi connectivity index (χ1v) is 9.89. The topological polar surface area (TPSA) is 92.3 Å². The molecule has 2 aromatic rings. The number of hydrogen-bond acceptors (Lipinski definition) is 7. The quantitative estimate of drug-likeness (QED) is 0.564. The number of amides is 3. The molecule has 0 bridgehead atoms. The van der Waals surface area contributed by atoms with E-state index in [1.165, 1.54) is 11.8 Å². The first kappa shape index (κ1) is 19.1. The van der Waals surface area contributed by atoms with E-state index in [9.17, 15) is 14.4 Å². The van der Waals surface area contributed by atoms with Gasteiger partial charge in [-0.2, -0.15) is 0 Å². The Morgan fingerprint density at radius 3 is 2.85 bits per heavy atom. The minimum absolute atomic E-state index is 0.134. The van der Waals surface area contributed by atoms with Crippen LogP contribution in [0.25, 0.3) is 6.08 Å². The summed E-state index contributed by atoms with van der Waals surface area (Å²) in [4.78, 5) is 45.9. The molecule has 1 N–H and O–H groups in total. The average Bonchev–Trinajstić information content (AvgIpc) is 2.95. The largest absolute Gasteiger partial charge is 0.354 e. The van der Waals surface area contributed by atoms with Gasteiger partial charge in [-0.15, -0.1) is 0 Å². The van der Waals surface area contributed by atoms with Crippen LogP contribution in [0.3, 0.4) is 0 Å². The maximum atomic E-state index is 12.4. The Hall–Kier alpha value is -2.65. The Morgan fingerprint density at radius 1 is 1.22 bits per heavy atom. The zero-order chi connectivity index (χ0) is 19.1. The number of hydrogen-bond donors (Lipinski definition) is 1. The van der Waals surface area contributed by atoms with Gasteiger partial charge in [0.1, 0.15) is 0 Å². The van der Waals surface area contributed by atoms with Gasteiger partial charge in [0.25, 0.3) is 11.1 Å². The summed E-state index contributed by atoms with van der Waals surface area (Å²) < 4.78 is 0. The number of aromatic nitrogens is 2. The van der Waals surface area contributed by atoms with Crippen molar-refractivity contribution in [1.29, 1.82) is 0 Å². The maximum Gasteiger partial charge on any atom is 0.293 e. The van der Waals surface area contributed by atoms with E-state index in [0.717, 1.165) is 27.3 Å². The monoisotopic (exact) mass is 400 g/mol. The van der Waals surface area contributed by atoms with E-state index in [1.54, 1.807) is 36.8 Å². The number of thioether (sulfide) groups is 2. The molecule has 0 aromatic carbocycles. The third-order valence-electron chi connectivity index (χ3n) is 3.50. The van der Waals surface area contributed by atoms with Crippen LogP contribution in [0, 0.1) is 0 Å². The predicted molar refractivity (Wildman–Crippen MR) is 105 cm³/mol. The van der Waals surface area contributed by atoms with Crippen molar-refractivity contribution in [2.75, 3.05) is 18.8 Å². The number of carbonyl (C=O) groups excluding carboxylic acids is 3. The fourth-order valence-corrected chi connectivity index (χ4v) is 3.79. The van der Waals surface area contributed by atoms with Crippen LogP contribution < -0.4 is 5.32 Å². The molecule has 0 radical (unpaired) electrons. The Morgan fingerprint density at radius 2 is 2.11 bits per heavy atom. The molecular weight excluding hydrogens is 384 g/mol. The van der Waals surface area contributed by atoms with Gasteiger partial charge in [0.05, 0.1) is 15.7 Å². The molecule has 0 aliphatic carbocycles. The Balaban J connectivity index is 1.46. The van der Waals surface area contributed by atoms with Crippen molar-refractivity contribution in [3.63, 3.8) is 0 Å². The van der Waals surface area contributed by atoms with Crippen molar-refractivity contribution in [2.45, 2.75) is 5.03 Å². The molecule has 2 aromatic heterocycles. The Labute approximate surface area is 164 Å². The zero-order valence-corrected chi connectivity index (χ0v) is 15.8. The fraction of sp³-hybridized carbons (Fsp3) is 0.167. The molecule has 0 unspecified atom stereocenters. The van der Waals surface area contributed by atoms with Crippen molar-refractivity contribution in [3.05, 3.63) is 59.4 Å². The number of imide groups is 1. The zero-order valence-electron chi connectivity index (χ0n) is 14.2. The number of nitrogens with one attached hydrogen (secondary N) is 1. The van der Waals surface area contributed by atoms with Gasteiger partial charge in [0, 0.05) is 31.7 Å². The SMILES string of the molecule is O=C(CSc1ccccn1)NCCN1C(=O)S/C(=C/c2cccnc2)C1=O. The highest BCUT2D eigenvalue weighted by Crippen LogP contribution is 2.31. The molecule has 3 amide bonds. The molecule has 0 spiro atoms. The Bertz CT molecular complexity index is 859. The van der Waals surface area contributed by atoms with E-state index in [4.69, 9.17) is 0 Å². The summed E-state index contributed by atoms with van der Waals surface area (Å²) in [7, 11) is 0. The highest BCUT2D eigenvalue weighted by Gasteiger charge is 2.34. The van der Waals surface area contributed by atoms with Gasteiger partial charge < -0.3 is 5.32 Å². The van der Waals surface area contributed by atoms with Crippen molar-refractivity contribution < 1.29 is 14.4 Å². The van der Waals surface area contributed by atoms with Gasteiger partial charge in [-0.25, -0.2) is 4.98 Å². The normalized spacial score (nSPS) is 15.4. The maximum absolute atomic E-state index is 12.4. The number of pyridine rings is 2. The minimum atomic E-state index is -0.356. The summed E-state index contributed by atoms with van der Waals surface area (Å²) in [5.41, 5.74) is 0.753. The lowest BCUT2D eigenvalue weighted by Gasteiger charge is -2.12. The fourth-order valence-electron chi connectivity index (χ4n) is 2.24. The van der Waals surface area contributed by atoms with Crippen molar-refractivity contribution in [3.8, 4) is 0 Å². The lowest BCUT2D eigenvalue weighted by Crippen LogP contribution is -2.37. The summed E-state index contributed by atoms with van der Waals surface area (Å²) >= 11 is 2.21. The van der Waals surface area contributed by atoms with E-state index in [2.05, 4.69) is 15.3 Å². The second kappa shape index (κ2) is 9.33. The van der Waals surface area contributed by atoms with Gasteiger partial charge in [-0.05, 0) is 41.6 Å². The summed E-state index contributed by atoms with van der Waals surface area (Å²) in [6, 6.07) is 9.05. The molecule has 7 nitrogen and oxygen atoms in total. The molecule has 3 rings (SSSR count). The second-order valence-electron chi connectivity index (χ2n) is 5.43. The first-order valence-electron chi connectivity index (χ1n) is 8.09. The summed E-state index contributed by atoms with van der Waals surface area (Å²) in [6.45, 7) is 0.342. The molecular formula is C18H16N4O3S2. The van der Waals surface area contributed by atoms with Gasteiger partial charge in [-0.3, -0.25) is 24.3 Å². The first-order chi connectivity index (χ1) is 13.1. The van der Waals surface area contributed by atoms with E-state index in [1.807, 2.05) is 18.2 Å². The number of rotatable bonds is 7. The summed E-state index contributed by atoms with van der Waals surface area (Å²) in [5.74, 6) is -0.311. The van der Waals surface area contributed by atoms with Crippen LogP contribution in [-0.4, -0.2) is 50.8 Å². The van der Waals surface area contributed by atoms with Crippen LogP contribution in [-0.2, 0) is 9.59 Å². The molecule has 1 fully saturated rings. The molecule has 27 heavy (non-hydrogen) atoms. The van der Waals surface area contributed by atoms with Gasteiger partial charge >= 0.3 is 0 Å². The van der Waals surface area contributed by atoms with E-state index >= 15 is 0 Å². The molecule has 0 atom stereocenters. The van der Waals surface area contributed by atoms with Gasteiger partial charge in [0.2, 0.25) is 5.91 Å². The summed E-state index contributed by atoms with van der Waals surface area (Å²) in [6.07, 6.45) is 6.56. The standard InChI is InChI=1S/C18H16N4O3S2/c23-15(12-26-16-5-1-2-7-21-16)20-8-9-22-17(24)14(27-18(22)25)10-13-4-3-6-19-11-13/h1-7,10-11H,8-9,12H2,(H,20,23)/b14-10+. The van der Waals surface area contributed by atoms with E-state index in [-0.39, 0.29) is 35.9 Å².